The van der Waals surface area contributed by atoms with Crippen LogP contribution in [-0.2, 0) is 27.5 Å². The van der Waals surface area contributed by atoms with Crippen molar-refractivity contribution >= 4 is 11.6 Å². The second-order valence-corrected chi connectivity index (χ2v) is 8.21. The molecule has 0 saturated heterocycles. The number of hydrogen-bond donors (Lipinski definition) is 0. The van der Waals surface area contributed by atoms with Crippen molar-refractivity contribution in [3.8, 4) is 11.1 Å². The lowest BCUT2D eigenvalue weighted by atomic mass is 9.80. The van der Waals surface area contributed by atoms with Gasteiger partial charge in [0.1, 0.15) is 17.0 Å². The molecule has 1 unspecified atom stereocenters. The number of esters is 1. The van der Waals surface area contributed by atoms with Crippen LogP contribution in [0, 0.1) is 11.6 Å². The molecule has 0 bridgehead atoms. The van der Waals surface area contributed by atoms with Crippen LogP contribution in [0.2, 0.25) is 0 Å². The number of hydrogen-bond acceptors (Lipinski definition) is 4. The van der Waals surface area contributed by atoms with E-state index in [2.05, 4.69) is 10.1 Å². The van der Waals surface area contributed by atoms with Gasteiger partial charge in [0.2, 0.25) is 0 Å². The minimum atomic E-state index is -4.47. The molecule has 0 saturated carbocycles. The van der Waals surface area contributed by atoms with Crippen LogP contribution in [0.4, 0.5) is 22.0 Å². The largest absolute Gasteiger partial charge is 0.465 e. The average Bonchev–Trinajstić information content (AvgIpc) is 3.22. The highest BCUT2D eigenvalue weighted by molar-refractivity contribution is 5.84. The molecule has 0 fully saturated rings. The maximum atomic E-state index is 13.8. The molecule has 0 radical (unpaired) electrons. The zero-order valence-electron chi connectivity index (χ0n) is 18.7. The van der Waals surface area contributed by atoms with Crippen molar-refractivity contribution in [1.29, 1.82) is 0 Å². The third-order valence-electron chi connectivity index (χ3n) is 5.70. The Balaban J connectivity index is 1.83. The molecular weight excluding hydrogens is 469 g/mol. The summed E-state index contributed by atoms with van der Waals surface area (Å²) in [6, 6.07) is 9.10. The molecular formula is C25H20F5N3O2. The van der Waals surface area contributed by atoms with E-state index in [1.54, 1.807) is 19.9 Å². The lowest BCUT2D eigenvalue weighted by Crippen LogP contribution is -2.38. The lowest BCUT2D eigenvalue weighted by molar-refractivity contribution is -0.149. The van der Waals surface area contributed by atoms with Gasteiger partial charge in [0, 0.05) is 17.8 Å². The number of carbonyl (C=O) groups excluding carboxylic acids is 1. The second kappa shape index (κ2) is 9.09. The summed E-state index contributed by atoms with van der Waals surface area (Å²) < 4.78 is 73.2. The van der Waals surface area contributed by atoms with Crippen molar-refractivity contribution in [1.82, 2.24) is 14.6 Å². The molecule has 0 aliphatic carbocycles. The lowest BCUT2D eigenvalue weighted by Gasteiger charge is -2.28. The van der Waals surface area contributed by atoms with Gasteiger partial charge in [-0.05, 0) is 61.7 Å². The molecule has 0 spiro atoms. The fourth-order valence-electron chi connectivity index (χ4n) is 4.03. The maximum Gasteiger partial charge on any atom is 0.416 e. The molecule has 10 heteroatoms. The van der Waals surface area contributed by atoms with Gasteiger partial charge >= 0.3 is 12.1 Å². The summed E-state index contributed by atoms with van der Waals surface area (Å²) in [7, 11) is 0. The SMILES string of the molecule is CCOC(=O)C(C)(Cc1cc(F)cc(F)c1)c1ccnc2c(-c3ccc(C(F)(F)F)cc3)cnn12. The first kappa shape index (κ1) is 24.3. The fraction of sp³-hybridized carbons (Fsp3) is 0.240. The highest BCUT2D eigenvalue weighted by Crippen LogP contribution is 2.34. The smallest absolute Gasteiger partial charge is 0.416 e. The van der Waals surface area contributed by atoms with Crippen LogP contribution in [0.15, 0.2) is 60.9 Å². The first-order valence-corrected chi connectivity index (χ1v) is 10.7. The topological polar surface area (TPSA) is 56.5 Å². The Morgan fingerprint density at radius 2 is 1.69 bits per heavy atom. The molecule has 0 amide bonds. The zero-order chi connectivity index (χ0) is 25.4. The number of nitrogens with zero attached hydrogens (tertiary/aromatic N) is 3. The van der Waals surface area contributed by atoms with E-state index in [0.29, 0.717) is 22.5 Å². The van der Waals surface area contributed by atoms with Crippen molar-refractivity contribution in [2.75, 3.05) is 6.61 Å². The molecule has 35 heavy (non-hydrogen) atoms. The number of fused-ring (bicyclic) bond motifs is 1. The number of ether oxygens (including phenoxy) is 1. The van der Waals surface area contributed by atoms with Gasteiger partial charge in [0.05, 0.1) is 24.1 Å². The standard InChI is InChI=1S/C25H20F5N3O2/c1-3-35-23(34)24(2,13-15-10-18(26)12-19(27)11-15)21-8-9-31-22-20(14-32-33(21)22)16-4-6-17(7-5-16)25(28,29)30/h4-12,14H,3,13H2,1-2H3. The molecule has 2 aromatic carbocycles. The summed E-state index contributed by atoms with van der Waals surface area (Å²) in [5.41, 5.74) is -0.444. The van der Waals surface area contributed by atoms with Gasteiger partial charge in [-0.1, -0.05) is 12.1 Å². The van der Waals surface area contributed by atoms with Crippen molar-refractivity contribution in [3.05, 3.63) is 89.4 Å². The number of rotatable bonds is 6. The Morgan fingerprint density at radius 3 is 2.29 bits per heavy atom. The van der Waals surface area contributed by atoms with E-state index in [4.69, 9.17) is 4.74 Å². The highest BCUT2D eigenvalue weighted by Gasteiger charge is 2.40. The Morgan fingerprint density at radius 1 is 1.03 bits per heavy atom. The van der Waals surface area contributed by atoms with Gasteiger partial charge in [-0.15, -0.1) is 0 Å². The predicted octanol–water partition coefficient (Wildman–Crippen LogP) is 5.76. The summed E-state index contributed by atoms with van der Waals surface area (Å²) >= 11 is 0. The summed E-state index contributed by atoms with van der Waals surface area (Å²) in [4.78, 5) is 17.4. The van der Waals surface area contributed by atoms with E-state index in [-0.39, 0.29) is 18.6 Å². The van der Waals surface area contributed by atoms with E-state index in [1.807, 2.05) is 0 Å². The number of carbonyl (C=O) groups is 1. The summed E-state index contributed by atoms with van der Waals surface area (Å²) in [5.74, 6) is -2.20. The zero-order valence-corrected chi connectivity index (χ0v) is 18.7. The van der Waals surface area contributed by atoms with Crippen molar-refractivity contribution in [2.45, 2.75) is 31.9 Å². The number of aromatic nitrogens is 3. The first-order valence-electron chi connectivity index (χ1n) is 10.7. The van der Waals surface area contributed by atoms with E-state index < -0.39 is 34.8 Å². The number of alkyl halides is 3. The van der Waals surface area contributed by atoms with Crippen LogP contribution in [0.25, 0.3) is 16.8 Å². The molecule has 1 atom stereocenters. The molecule has 5 nitrogen and oxygen atoms in total. The summed E-state index contributed by atoms with van der Waals surface area (Å²) in [5, 5.41) is 4.33. The van der Waals surface area contributed by atoms with Gasteiger partial charge in [-0.2, -0.15) is 18.3 Å². The Bertz CT molecular complexity index is 1360. The Hall–Kier alpha value is -3.82. The van der Waals surface area contributed by atoms with Gasteiger partial charge in [0.15, 0.2) is 5.65 Å². The van der Waals surface area contributed by atoms with Crippen molar-refractivity contribution in [3.63, 3.8) is 0 Å². The number of benzene rings is 2. The maximum absolute atomic E-state index is 13.8. The quantitative estimate of drug-likeness (QED) is 0.255. The van der Waals surface area contributed by atoms with Crippen LogP contribution in [0.1, 0.15) is 30.7 Å². The summed E-state index contributed by atoms with van der Waals surface area (Å²) in [6.45, 7) is 3.29. The second-order valence-electron chi connectivity index (χ2n) is 8.21. The van der Waals surface area contributed by atoms with Crippen LogP contribution in [0.3, 0.4) is 0 Å². The minimum absolute atomic E-state index is 0.0794. The summed E-state index contributed by atoms with van der Waals surface area (Å²) in [6.07, 6.45) is -1.70. The fourth-order valence-corrected chi connectivity index (χ4v) is 4.03. The van der Waals surface area contributed by atoms with Crippen LogP contribution in [0.5, 0.6) is 0 Å². The Labute approximate surface area is 197 Å². The highest BCUT2D eigenvalue weighted by atomic mass is 19.4. The minimum Gasteiger partial charge on any atom is -0.465 e. The number of halogens is 5. The van der Waals surface area contributed by atoms with E-state index in [1.165, 1.54) is 29.0 Å². The van der Waals surface area contributed by atoms with Crippen LogP contribution < -0.4 is 0 Å². The molecule has 182 valence electrons. The average molecular weight is 489 g/mol. The predicted molar refractivity (Wildman–Crippen MR) is 117 cm³/mol. The van der Waals surface area contributed by atoms with Gasteiger partial charge < -0.3 is 4.74 Å². The van der Waals surface area contributed by atoms with Gasteiger partial charge in [0.25, 0.3) is 0 Å². The molecule has 4 aromatic rings. The van der Waals surface area contributed by atoms with E-state index in [0.717, 1.165) is 30.3 Å². The monoisotopic (exact) mass is 489 g/mol. The van der Waals surface area contributed by atoms with Crippen molar-refractivity contribution < 1.29 is 31.5 Å². The van der Waals surface area contributed by atoms with Crippen LogP contribution >= 0.6 is 0 Å². The van der Waals surface area contributed by atoms with Gasteiger partial charge in [-0.25, -0.2) is 18.3 Å². The molecule has 2 aromatic heterocycles. The third-order valence-corrected chi connectivity index (χ3v) is 5.70. The Kier molecular flexibility index (Phi) is 6.31. The molecule has 0 aliphatic rings. The normalized spacial score (nSPS) is 13.6. The third kappa shape index (κ3) is 4.73. The molecule has 2 heterocycles. The molecule has 0 aliphatic heterocycles. The van der Waals surface area contributed by atoms with E-state index >= 15 is 0 Å². The molecule has 0 N–H and O–H groups in total. The molecule has 4 rings (SSSR count). The first-order chi connectivity index (χ1) is 16.5. The van der Waals surface area contributed by atoms with Crippen LogP contribution in [-0.4, -0.2) is 27.2 Å². The van der Waals surface area contributed by atoms with Crippen molar-refractivity contribution in [2.24, 2.45) is 0 Å². The van der Waals surface area contributed by atoms with E-state index in [9.17, 15) is 26.7 Å². The van der Waals surface area contributed by atoms with Gasteiger partial charge in [-0.3, -0.25) is 4.79 Å².